The van der Waals surface area contributed by atoms with Crippen LogP contribution in [-0.2, 0) is 4.65 Å². The zero-order chi connectivity index (χ0) is 11.3. The molecule has 0 aliphatic carbocycles. The number of rotatable bonds is 5. The third kappa shape index (κ3) is 7.19. The Kier molecular flexibility index (Phi) is 10.1. The lowest BCUT2D eigenvalue weighted by molar-refractivity contribution is 0.267. The summed E-state index contributed by atoms with van der Waals surface area (Å²) in [6, 6.07) is 8.52. The van der Waals surface area contributed by atoms with Crippen LogP contribution in [0.15, 0.2) is 24.3 Å². The molecule has 0 bridgehead atoms. The molecular weight excluding hydrogens is 209 g/mol. The first-order chi connectivity index (χ1) is 7.09. The van der Waals surface area contributed by atoms with Gasteiger partial charge < -0.3 is 9.55 Å². The lowest BCUT2D eigenvalue weighted by Gasteiger charge is -2.13. The third-order valence-electron chi connectivity index (χ3n) is 2.45. The molecule has 0 fully saturated rings. The van der Waals surface area contributed by atoms with Crippen LogP contribution in [0.5, 0.6) is 0 Å². The fourth-order valence-corrected chi connectivity index (χ4v) is 1.35. The van der Waals surface area contributed by atoms with E-state index in [1.807, 2.05) is 0 Å². The average Bonchev–Trinajstić information content (AvgIpc) is 2.18. The van der Waals surface area contributed by atoms with Gasteiger partial charge in [0.25, 0.3) is 0 Å². The Morgan fingerprint density at radius 3 is 2.12 bits per heavy atom. The number of hydrogen-bond donors (Lipinski definition) is 0. The quantitative estimate of drug-likeness (QED) is 0.730. The zero-order valence-electron chi connectivity index (χ0n) is 10.2. The first-order valence-corrected chi connectivity index (χ1v) is 5.42. The molecule has 0 N–H and O–H groups in total. The molecule has 1 aromatic carbocycles. The standard InChI is InChI=1S/C12H20BNO.2CH4/c1-11-5-7-12(8-6-11)13(2)15-10-9-14(3)4;;/h5-8H,9-10H2,1-4H3;2*1H4. The van der Waals surface area contributed by atoms with E-state index in [4.69, 9.17) is 4.65 Å². The van der Waals surface area contributed by atoms with E-state index in [-0.39, 0.29) is 21.8 Å². The van der Waals surface area contributed by atoms with Crippen molar-refractivity contribution in [3.8, 4) is 0 Å². The molecule has 98 valence electrons. The maximum atomic E-state index is 5.74. The summed E-state index contributed by atoms with van der Waals surface area (Å²) in [4.78, 5) is 2.13. The SMILES string of the molecule is C.C.CB(OCCN(C)C)c1ccc(C)cc1. The Morgan fingerprint density at radius 2 is 1.65 bits per heavy atom. The van der Waals surface area contributed by atoms with Crippen molar-refractivity contribution in [1.82, 2.24) is 4.90 Å². The van der Waals surface area contributed by atoms with E-state index in [0.29, 0.717) is 0 Å². The first-order valence-electron chi connectivity index (χ1n) is 5.42. The summed E-state index contributed by atoms with van der Waals surface area (Å²) in [7, 11) is 4.11. The van der Waals surface area contributed by atoms with Gasteiger partial charge in [0.05, 0.1) is 0 Å². The van der Waals surface area contributed by atoms with E-state index in [1.165, 1.54) is 11.0 Å². The van der Waals surface area contributed by atoms with Crippen LogP contribution in [0.25, 0.3) is 0 Å². The van der Waals surface area contributed by atoms with Crippen LogP contribution in [0, 0.1) is 6.92 Å². The van der Waals surface area contributed by atoms with Gasteiger partial charge in [0.2, 0.25) is 0 Å². The van der Waals surface area contributed by atoms with Crippen LogP contribution in [0.1, 0.15) is 20.4 Å². The van der Waals surface area contributed by atoms with Crippen molar-refractivity contribution in [2.75, 3.05) is 27.2 Å². The van der Waals surface area contributed by atoms with Gasteiger partial charge in [-0.05, 0) is 26.5 Å². The van der Waals surface area contributed by atoms with Crippen LogP contribution < -0.4 is 5.46 Å². The summed E-state index contributed by atoms with van der Waals surface area (Å²) in [5, 5.41) is 0. The van der Waals surface area contributed by atoms with Gasteiger partial charge in [-0.3, -0.25) is 0 Å². The minimum absolute atomic E-state index is 0. The maximum absolute atomic E-state index is 5.74. The fourth-order valence-electron chi connectivity index (χ4n) is 1.35. The van der Waals surface area contributed by atoms with Crippen LogP contribution in [0.4, 0.5) is 0 Å². The van der Waals surface area contributed by atoms with E-state index in [1.54, 1.807) is 0 Å². The Morgan fingerprint density at radius 1 is 1.12 bits per heavy atom. The van der Waals surface area contributed by atoms with E-state index < -0.39 is 0 Å². The van der Waals surface area contributed by atoms with E-state index in [9.17, 15) is 0 Å². The molecule has 0 unspecified atom stereocenters. The minimum atomic E-state index is 0. The average molecular weight is 237 g/mol. The summed E-state index contributed by atoms with van der Waals surface area (Å²) in [6.07, 6.45) is 0. The van der Waals surface area contributed by atoms with Crippen molar-refractivity contribution < 1.29 is 4.65 Å². The van der Waals surface area contributed by atoms with Crippen molar-refractivity contribution in [2.24, 2.45) is 0 Å². The lowest BCUT2D eigenvalue weighted by atomic mass is 9.63. The zero-order valence-corrected chi connectivity index (χ0v) is 10.2. The third-order valence-corrected chi connectivity index (χ3v) is 2.45. The van der Waals surface area contributed by atoms with Gasteiger partial charge in [-0.15, -0.1) is 0 Å². The summed E-state index contributed by atoms with van der Waals surface area (Å²) >= 11 is 0. The Hall–Kier alpha value is -0.795. The van der Waals surface area contributed by atoms with Gasteiger partial charge in [0, 0.05) is 13.2 Å². The second-order valence-electron chi connectivity index (χ2n) is 4.23. The maximum Gasteiger partial charge on any atom is 0.323 e. The van der Waals surface area contributed by atoms with Gasteiger partial charge in [-0.25, -0.2) is 0 Å². The van der Waals surface area contributed by atoms with Crippen molar-refractivity contribution >= 4 is 12.4 Å². The van der Waals surface area contributed by atoms with Crippen molar-refractivity contribution in [2.45, 2.75) is 28.6 Å². The van der Waals surface area contributed by atoms with Gasteiger partial charge in [-0.2, -0.15) is 0 Å². The molecule has 0 aromatic heterocycles. The Balaban J connectivity index is 0. The minimum Gasteiger partial charge on any atom is -0.430 e. The highest BCUT2D eigenvalue weighted by Crippen LogP contribution is 1.96. The highest BCUT2D eigenvalue weighted by Gasteiger charge is 2.10. The van der Waals surface area contributed by atoms with E-state index >= 15 is 0 Å². The molecule has 1 rings (SSSR count). The normalized spacial score (nSPS) is 9.47. The summed E-state index contributed by atoms with van der Waals surface area (Å²) in [5.74, 6) is 0. The Labute approximate surface area is 108 Å². The topological polar surface area (TPSA) is 12.5 Å². The van der Waals surface area contributed by atoms with Gasteiger partial charge in [0.1, 0.15) is 0 Å². The number of benzene rings is 1. The number of likely N-dealkylation sites (N-methyl/N-ethyl adjacent to an activating group) is 1. The van der Waals surface area contributed by atoms with Gasteiger partial charge >= 0.3 is 6.92 Å². The molecule has 0 aliphatic heterocycles. The molecular formula is C14H28BNO. The fraction of sp³-hybridized carbons (Fsp3) is 0.571. The van der Waals surface area contributed by atoms with Crippen LogP contribution in [0.2, 0.25) is 6.82 Å². The van der Waals surface area contributed by atoms with Crippen LogP contribution >= 0.6 is 0 Å². The van der Waals surface area contributed by atoms with Gasteiger partial charge in [-0.1, -0.05) is 51.5 Å². The highest BCUT2D eigenvalue weighted by atomic mass is 16.4. The Bertz CT molecular complexity index is 285. The predicted molar refractivity (Wildman–Crippen MR) is 80.4 cm³/mol. The van der Waals surface area contributed by atoms with E-state index in [0.717, 1.165) is 13.2 Å². The molecule has 0 atom stereocenters. The molecule has 0 spiro atoms. The smallest absolute Gasteiger partial charge is 0.323 e. The molecule has 0 saturated heterocycles. The molecule has 0 aliphatic rings. The number of hydrogen-bond acceptors (Lipinski definition) is 2. The number of nitrogens with zero attached hydrogens (tertiary/aromatic N) is 1. The summed E-state index contributed by atoms with van der Waals surface area (Å²) in [6.45, 7) is 6.13. The van der Waals surface area contributed by atoms with Crippen molar-refractivity contribution in [3.63, 3.8) is 0 Å². The summed E-state index contributed by atoms with van der Waals surface area (Å²) < 4.78 is 5.74. The van der Waals surface area contributed by atoms with Crippen molar-refractivity contribution in [1.29, 1.82) is 0 Å². The molecule has 17 heavy (non-hydrogen) atoms. The predicted octanol–water partition coefficient (Wildman–Crippen LogP) is 2.67. The lowest BCUT2D eigenvalue weighted by Crippen LogP contribution is -2.32. The molecule has 0 radical (unpaired) electrons. The molecule has 2 nitrogen and oxygen atoms in total. The first kappa shape index (κ1) is 18.6. The molecule has 0 heterocycles. The highest BCUT2D eigenvalue weighted by molar-refractivity contribution is 6.66. The summed E-state index contributed by atoms with van der Waals surface area (Å²) in [5.41, 5.74) is 2.54. The van der Waals surface area contributed by atoms with Crippen LogP contribution in [-0.4, -0.2) is 39.1 Å². The molecule has 0 saturated carbocycles. The molecule has 1 aromatic rings. The molecule has 3 heteroatoms. The second-order valence-corrected chi connectivity index (χ2v) is 4.23. The van der Waals surface area contributed by atoms with Gasteiger partial charge in [0.15, 0.2) is 0 Å². The molecule has 0 amide bonds. The van der Waals surface area contributed by atoms with Crippen molar-refractivity contribution in [3.05, 3.63) is 29.8 Å². The number of aryl methyl sites for hydroxylation is 1. The van der Waals surface area contributed by atoms with Crippen LogP contribution in [0.3, 0.4) is 0 Å². The monoisotopic (exact) mass is 237 g/mol. The van der Waals surface area contributed by atoms with E-state index in [2.05, 4.69) is 57.0 Å². The largest absolute Gasteiger partial charge is 0.430 e. The second kappa shape index (κ2) is 9.26.